The Hall–Kier alpha value is -0.380. The Labute approximate surface area is 112 Å². The van der Waals surface area contributed by atoms with E-state index < -0.39 is 0 Å². The van der Waals surface area contributed by atoms with Crippen molar-refractivity contribution in [1.82, 2.24) is 4.90 Å². The predicted octanol–water partition coefficient (Wildman–Crippen LogP) is 3.04. The van der Waals surface area contributed by atoms with Crippen LogP contribution in [-0.4, -0.2) is 29.7 Å². The maximum atomic E-state index is 9.01. The molecule has 2 nitrogen and oxygen atoms in total. The number of piperidine rings is 1. The molecule has 17 heavy (non-hydrogen) atoms. The smallest absolute Gasteiger partial charge is 0.0434 e. The molecule has 2 rings (SSSR count). The maximum Gasteiger partial charge on any atom is 0.0434 e. The van der Waals surface area contributed by atoms with Crippen molar-refractivity contribution in [3.63, 3.8) is 0 Å². The SMILES string of the molecule is OCCC1CCCN(Cc2cccc(Br)c2)C1. The summed E-state index contributed by atoms with van der Waals surface area (Å²) in [5, 5.41) is 9.01. The number of rotatable bonds is 4. The van der Waals surface area contributed by atoms with Crippen LogP contribution in [0, 0.1) is 5.92 Å². The number of likely N-dealkylation sites (tertiary alicyclic amines) is 1. The third kappa shape index (κ3) is 4.09. The van der Waals surface area contributed by atoms with Crippen molar-refractivity contribution in [2.75, 3.05) is 19.7 Å². The van der Waals surface area contributed by atoms with Crippen LogP contribution in [-0.2, 0) is 6.54 Å². The number of aliphatic hydroxyl groups excluding tert-OH is 1. The van der Waals surface area contributed by atoms with Crippen LogP contribution in [0.3, 0.4) is 0 Å². The lowest BCUT2D eigenvalue weighted by molar-refractivity contribution is 0.142. The lowest BCUT2D eigenvalue weighted by Crippen LogP contribution is -2.35. The summed E-state index contributed by atoms with van der Waals surface area (Å²) in [5.74, 6) is 0.681. The van der Waals surface area contributed by atoms with Gasteiger partial charge in [0.25, 0.3) is 0 Å². The van der Waals surface area contributed by atoms with Gasteiger partial charge in [-0.2, -0.15) is 0 Å². The van der Waals surface area contributed by atoms with Crippen LogP contribution in [0.15, 0.2) is 28.7 Å². The highest BCUT2D eigenvalue weighted by molar-refractivity contribution is 9.10. The first kappa shape index (κ1) is 13.1. The minimum atomic E-state index is 0.329. The highest BCUT2D eigenvalue weighted by Gasteiger charge is 2.19. The zero-order chi connectivity index (χ0) is 12.1. The second-order valence-corrected chi connectivity index (χ2v) is 5.80. The number of hydrogen-bond donors (Lipinski definition) is 1. The van der Waals surface area contributed by atoms with E-state index in [1.165, 1.54) is 24.9 Å². The van der Waals surface area contributed by atoms with Crippen LogP contribution in [0.25, 0.3) is 0 Å². The van der Waals surface area contributed by atoms with E-state index in [-0.39, 0.29) is 0 Å². The summed E-state index contributed by atoms with van der Waals surface area (Å²) in [4.78, 5) is 2.51. The summed E-state index contributed by atoms with van der Waals surface area (Å²) < 4.78 is 1.15. The summed E-state index contributed by atoms with van der Waals surface area (Å²) in [6, 6.07) is 8.53. The topological polar surface area (TPSA) is 23.5 Å². The van der Waals surface area contributed by atoms with Crippen molar-refractivity contribution >= 4 is 15.9 Å². The first-order chi connectivity index (χ1) is 8.28. The van der Waals surface area contributed by atoms with Gasteiger partial charge in [0.1, 0.15) is 0 Å². The molecule has 1 N–H and O–H groups in total. The van der Waals surface area contributed by atoms with Crippen molar-refractivity contribution in [2.45, 2.75) is 25.8 Å². The van der Waals surface area contributed by atoms with Gasteiger partial charge in [0.05, 0.1) is 0 Å². The Morgan fingerprint density at radius 3 is 3.06 bits per heavy atom. The normalized spacial score (nSPS) is 21.6. The zero-order valence-corrected chi connectivity index (χ0v) is 11.7. The molecule has 1 aromatic rings. The van der Waals surface area contributed by atoms with Crippen molar-refractivity contribution in [3.8, 4) is 0 Å². The first-order valence-corrected chi connectivity index (χ1v) is 7.15. The highest BCUT2D eigenvalue weighted by atomic mass is 79.9. The molecule has 1 heterocycles. The van der Waals surface area contributed by atoms with Crippen LogP contribution >= 0.6 is 15.9 Å². The molecule has 94 valence electrons. The van der Waals surface area contributed by atoms with E-state index in [9.17, 15) is 0 Å². The van der Waals surface area contributed by atoms with E-state index in [4.69, 9.17) is 5.11 Å². The van der Waals surface area contributed by atoms with Crippen molar-refractivity contribution in [1.29, 1.82) is 0 Å². The minimum Gasteiger partial charge on any atom is -0.396 e. The van der Waals surface area contributed by atoms with E-state index >= 15 is 0 Å². The lowest BCUT2D eigenvalue weighted by Gasteiger charge is -2.32. The van der Waals surface area contributed by atoms with Crippen LogP contribution in [0.1, 0.15) is 24.8 Å². The van der Waals surface area contributed by atoms with Crippen LogP contribution in [0.2, 0.25) is 0 Å². The molecular weight excluding hydrogens is 278 g/mol. The maximum absolute atomic E-state index is 9.01. The van der Waals surface area contributed by atoms with Gasteiger partial charge in [-0.3, -0.25) is 4.90 Å². The summed E-state index contributed by atoms with van der Waals surface area (Å²) >= 11 is 3.51. The highest BCUT2D eigenvalue weighted by Crippen LogP contribution is 2.21. The second-order valence-electron chi connectivity index (χ2n) is 4.89. The number of halogens is 1. The van der Waals surface area contributed by atoms with Gasteiger partial charge in [-0.05, 0) is 49.4 Å². The molecule has 0 saturated carbocycles. The fourth-order valence-corrected chi connectivity index (χ4v) is 3.05. The van der Waals surface area contributed by atoms with Crippen molar-refractivity contribution < 1.29 is 5.11 Å². The third-order valence-electron chi connectivity index (χ3n) is 3.44. The molecule has 1 fully saturated rings. The summed E-state index contributed by atoms with van der Waals surface area (Å²) in [5.41, 5.74) is 1.36. The summed E-state index contributed by atoms with van der Waals surface area (Å²) in [6.45, 7) is 3.68. The molecule has 1 aromatic carbocycles. The minimum absolute atomic E-state index is 0.329. The quantitative estimate of drug-likeness (QED) is 0.923. The Balaban J connectivity index is 1.90. The lowest BCUT2D eigenvalue weighted by atomic mass is 9.95. The van der Waals surface area contributed by atoms with E-state index in [0.717, 1.165) is 24.0 Å². The molecule has 1 saturated heterocycles. The van der Waals surface area contributed by atoms with Crippen LogP contribution < -0.4 is 0 Å². The molecule has 0 spiro atoms. The zero-order valence-electron chi connectivity index (χ0n) is 10.1. The van der Waals surface area contributed by atoms with Gasteiger partial charge in [0.15, 0.2) is 0 Å². The monoisotopic (exact) mass is 297 g/mol. The van der Waals surface area contributed by atoms with Gasteiger partial charge in [-0.15, -0.1) is 0 Å². The molecule has 1 aliphatic heterocycles. The summed E-state index contributed by atoms with van der Waals surface area (Å²) in [7, 11) is 0. The molecule has 0 radical (unpaired) electrons. The van der Waals surface area contributed by atoms with Crippen LogP contribution in [0.4, 0.5) is 0 Å². The number of hydrogen-bond acceptors (Lipinski definition) is 2. The average Bonchev–Trinajstić information content (AvgIpc) is 2.30. The molecular formula is C14H20BrNO. The summed E-state index contributed by atoms with van der Waals surface area (Å²) in [6.07, 6.45) is 3.49. The first-order valence-electron chi connectivity index (χ1n) is 6.35. The standard InChI is InChI=1S/C14H20BrNO/c15-14-5-1-3-13(9-14)11-16-7-2-4-12(10-16)6-8-17/h1,3,5,9,12,17H,2,4,6-8,10-11H2. The molecule has 0 aliphatic carbocycles. The van der Waals surface area contributed by atoms with Gasteiger partial charge in [0, 0.05) is 24.2 Å². The average molecular weight is 298 g/mol. The number of nitrogens with zero attached hydrogens (tertiary/aromatic N) is 1. The van der Waals surface area contributed by atoms with Gasteiger partial charge in [-0.25, -0.2) is 0 Å². The van der Waals surface area contributed by atoms with Gasteiger partial charge in [-0.1, -0.05) is 28.1 Å². The Kier molecular flexibility index (Phi) is 5.01. The van der Waals surface area contributed by atoms with Crippen LogP contribution in [0.5, 0.6) is 0 Å². The Bertz CT molecular complexity index is 354. The van der Waals surface area contributed by atoms with Gasteiger partial charge in [0.2, 0.25) is 0 Å². The molecule has 0 amide bonds. The number of aliphatic hydroxyl groups is 1. The molecule has 0 bridgehead atoms. The van der Waals surface area contributed by atoms with E-state index in [0.29, 0.717) is 12.5 Å². The Morgan fingerprint density at radius 2 is 2.29 bits per heavy atom. The fraction of sp³-hybridized carbons (Fsp3) is 0.571. The number of benzene rings is 1. The third-order valence-corrected chi connectivity index (χ3v) is 3.93. The molecule has 1 atom stereocenters. The second kappa shape index (κ2) is 6.53. The largest absolute Gasteiger partial charge is 0.396 e. The van der Waals surface area contributed by atoms with Gasteiger partial charge >= 0.3 is 0 Å². The van der Waals surface area contributed by atoms with Gasteiger partial charge < -0.3 is 5.11 Å². The molecule has 1 aliphatic rings. The van der Waals surface area contributed by atoms with Crippen molar-refractivity contribution in [2.24, 2.45) is 5.92 Å². The Morgan fingerprint density at radius 1 is 1.41 bits per heavy atom. The van der Waals surface area contributed by atoms with Crippen molar-refractivity contribution in [3.05, 3.63) is 34.3 Å². The molecule has 0 aromatic heterocycles. The molecule has 1 unspecified atom stereocenters. The molecule has 3 heteroatoms. The van der Waals surface area contributed by atoms with E-state index in [1.54, 1.807) is 0 Å². The predicted molar refractivity (Wildman–Crippen MR) is 73.8 cm³/mol. The van der Waals surface area contributed by atoms with E-state index in [1.807, 2.05) is 0 Å². The fourth-order valence-electron chi connectivity index (χ4n) is 2.61. The van der Waals surface area contributed by atoms with E-state index in [2.05, 4.69) is 45.1 Å².